The van der Waals surface area contributed by atoms with Crippen molar-refractivity contribution in [1.29, 1.82) is 0 Å². The van der Waals surface area contributed by atoms with Crippen molar-refractivity contribution in [3.8, 4) is 0 Å². The molecule has 0 radical (unpaired) electrons. The van der Waals surface area contributed by atoms with E-state index in [-0.39, 0.29) is 17.6 Å². The number of carbonyl (C=O) groups excluding carboxylic acids is 2. The molecule has 0 saturated carbocycles. The van der Waals surface area contributed by atoms with Crippen molar-refractivity contribution in [3.63, 3.8) is 0 Å². The van der Waals surface area contributed by atoms with Crippen LogP contribution in [0.25, 0.3) is 5.52 Å². The van der Waals surface area contributed by atoms with Crippen molar-refractivity contribution in [2.45, 2.75) is 33.6 Å². The Labute approximate surface area is 162 Å². The fourth-order valence-electron chi connectivity index (χ4n) is 3.17. The Morgan fingerprint density at radius 1 is 1.25 bits per heavy atom. The third-order valence-electron chi connectivity index (χ3n) is 4.52. The molecule has 8 nitrogen and oxygen atoms in total. The molecule has 0 aliphatic carbocycles. The summed E-state index contributed by atoms with van der Waals surface area (Å²) in [6.07, 6.45) is 3.16. The number of aromatic nitrogens is 3. The minimum absolute atomic E-state index is 0.0189. The molecule has 0 spiro atoms. The van der Waals surface area contributed by atoms with Gasteiger partial charge in [-0.2, -0.15) is 5.10 Å². The lowest BCUT2D eigenvalue weighted by atomic mass is 9.98. The van der Waals surface area contributed by atoms with Crippen LogP contribution in [0.3, 0.4) is 0 Å². The smallest absolute Gasteiger partial charge is 0.274 e. The van der Waals surface area contributed by atoms with Crippen LogP contribution in [0.4, 0.5) is 11.5 Å². The molecule has 0 aliphatic heterocycles. The van der Waals surface area contributed by atoms with Crippen LogP contribution < -0.4 is 10.8 Å². The van der Waals surface area contributed by atoms with Crippen molar-refractivity contribution < 1.29 is 14.4 Å². The highest BCUT2D eigenvalue weighted by Gasteiger charge is 2.21. The van der Waals surface area contributed by atoms with Gasteiger partial charge in [0, 0.05) is 23.0 Å². The van der Waals surface area contributed by atoms with E-state index in [1.165, 1.54) is 13.4 Å². The lowest BCUT2D eigenvalue weighted by molar-refractivity contribution is 0.0537. The predicted octanol–water partition coefficient (Wildman–Crippen LogP) is 3.40. The summed E-state index contributed by atoms with van der Waals surface area (Å²) < 4.78 is 1.66. The van der Waals surface area contributed by atoms with Crippen LogP contribution in [0.15, 0.2) is 30.7 Å². The Hall–Kier alpha value is -3.26. The van der Waals surface area contributed by atoms with Gasteiger partial charge in [0.2, 0.25) is 0 Å². The maximum Gasteiger partial charge on any atom is 0.274 e. The molecule has 0 fully saturated rings. The number of nitrogens with one attached hydrogen (secondary N) is 2. The zero-order chi connectivity index (χ0) is 20.4. The van der Waals surface area contributed by atoms with E-state index in [1.54, 1.807) is 29.8 Å². The van der Waals surface area contributed by atoms with Gasteiger partial charge in [-0.1, -0.05) is 19.9 Å². The highest BCUT2D eigenvalue weighted by molar-refractivity contribution is 6.00. The van der Waals surface area contributed by atoms with E-state index in [9.17, 15) is 9.59 Å². The molecule has 146 valence electrons. The molecular formula is C20H23N5O3. The molecule has 2 N–H and O–H groups in total. The van der Waals surface area contributed by atoms with Crippen molar-refractivity contribution in [2.24, 2.45) is 0 Å². The van der Waals surface area contributed by atoms with E-state index in [2.05, 4.69) is 20.9 Å². The summed E-state index contributed by atoms with van der Waals surface area (Å²) >= 11 is 0. The summed E-state index contributed by atoms with van der Waals surface area (Å²) in [5.74, 6) is 0.311. The third kappa shape index (κ3) is 3.59. The van der Waals surface area contributed by atoms with Crippen LogP contribution in [-0.4, -0.2) is 33.4 Å². The van der Waals surface area contributed by atoms with E-state index >= 15 is 0 Å². The molecule has 0 aliphatic rings. The number of ketones is 1. The fourth-order valence-corrected chi connectivity index (χ4v) is 3.17. The van der Waals surface area contributed by atoms with Gasteiger partial charge in [0.25, 0.3) is 5.91 Å². The average molecular weight is 381 g/mol. The number of anilines is 2. The molecule has 0 unspecified atom stereocenters. The van der Waals surface area contributed by atoms with E-state index < -0.39 is 0 Å². The highest BCUT2D eigenvalue weighted by Crippen LogP contribution is 2.32. The largest absolute Gasteiger partial charge is 0.338 e. The number of fused-ring (bicyclic) bond motifs is 1. The van der Waals surface area contributed by atoms with Gasteiger partial charge >= 0.3 is 0 Å². The SMILES string of the molecule is CONC(=O)c1ccc(C)c(Nc2ncnn3cc(C(C)=O)c(C(C)C)c23)c1. The number of Topliss-reactive ketones (excluding diaryl/α,β-unsaturated/α-hetero) is 1. The van der Waals surface area contributed by atoms with Gasteiger partial charge in [-0.05, 0) is 43.0 Å². The van der Waals surface area contributed by atoms with Crippen molar-refractivity contribution in [2.75, 3.05) is 12.4 Å². The number of aryl methyl sites for hydroxylation is 1. The summed E-state index contributed by atoms with van der Waals surface area (Å²) in [7, 11) is 1.38. The van der Waals surface area contributed by atoms with Gasteiger partial charge in [-0.3, -0.25) is 14.4 Å². The van der Waals surface area contributed by atoms with Crippen LogP contribution >= 0.6 is 0 Å². The number of carbonyl (C=O) groups is 2. The van der Waals surface area contributed by atoms with Gasteiger partial charge in [0.15, 0.2) is 11.6 Å². The summed E-state index contributed by atoms with van der Waals surface area (Å²) in [4.78, 5) is 33.3. The Bertz CT molecular complexity index is 1060. The minimum Gasteiger partial charge on any atom is -0.338 e. The molecule has 28 heavy (non-hydrogen) atoms. The second-order valence-electron chi connectivity index (χ2n) is 6.86. The average Bonchev–Trinajstić information content (AvgIpc) is 3.05. The van der Waals surface area contributed by atoms with E-state index in [4.69, 9.17) is 4.84 Å². The summed E-state index contributed by atoms with van der Waals surface area (Å²) in [6.45, 7) is 7.53. The molecule has 1 aromatic carbocycles. The zero-order valence-corrected chi connectivity index (χ0v) is 16.5. The fraction of sp³-hybridized carbons (Fsp3) is 0.300. The molecule has 1 amide bonds. The lowest BCUT2D eigenvalue weighted by Crippen LogP contribution is -2.21. The Kier molecular flexibility index (Phi) is 5.41. The molecule has 0 bridgehead atoms. The van der Waals surface area contributed by atoms with Crippen LogP contribution in [0, 0.1) is 6.92 Å². The Morgan fingerprint density at radius 3 is 2.64 bits per heavy atom. The van der Waals surface area contributed by atoms with Gasteiger partial charge in [-0.15, -0.1) is 0 Å². The molecule has 2 heterocycles. The third-order valence-corrected chi connectivity index (χ3v) is 4.52. The van der Waals surface area contributed by atoms with E-state index in [0.29, 0.717) is 16.9 Å². The van der Waals surface area contributed by atoms with Crippen LogP contribution in [-0.2, 0) is 4.84 Å². The van der Waals surface area contributed by atoms with Crippen molar-refractivity contribution in [1.82, 2.24) is 20.1 Å². The zero-order valence-electron chi connectivity index (χ0n) is 16.5. The Morgan fingerprint density at radius 2 is 2.00 bits per heavy atom. The number of hydroxylamine groups is 1. The van der Waals surface area contributed by atoms with Crippen LogP contribution in [0.1, 0.15) is 58.5 Å². The first-order valence-electron chi connectivity index (χ1n) is 8.91. The standard InChI is InChI=1S/C20H23N5O3/c1-11(2)17-15(13(4)26)9-25-18(17)19(21-10-22-25)23-16-8-14(7-6-12(16)3)20(27)24-28-5/h6-11H,1-5H3,(H,24,27)(H,21,22,23). The summed E-state index contributed by atoms with van der Waals surface area (Å²) in [5.41, 5.74) is 6.69. The molecule has 0 saturated heterocycles. The van der Waals surface area contributed by atoms with E-state index in [0.717, 1.165) is 22.3 Å². The molecule has 8 heteroatoms. The van der Waals surface area contributed by atoms with Gasteiger partial charge in [-0.25, -0.2) is 15.0 Å². The minimum atomic E-state index is -0.345. The molecule has 3 rings (SSSR count). The second-order valence-corrected chi connectivity index (χ2v) is 6.86. The molecular weight excluding hydrogens is 358 g/mol. The molecule has 0 atom stereocenters. The maximum atomic E-state index is 12.1. The molecule has 2 aromatic heterocycles. The molecule has 3 aromatic rings. The van der Waals surface area contributed by atoms with E-state index in [1.807, 2.05) is 26.8 Å². The normalized spacial score (nSPS) is 11.1. The second kappa shape index (κ2) is 7.77. The Balaban J connectivity index is 2.12. The van der Waals surface area contributed by atoms with Gasteiger partial charge in [0.1, 0.15) is 11.8 Å². The monoisotopic (exact) mass is 381 g/mol. The lowest BCUT2D eigenvalue weighted by Gasteiger charge is -2.14. The van der Waals surface area contributed by atoms with Crippen molar-refractivity contribution >= 4 is 28.7 Å². The summed E-state index contributed by atoms with van der Waals surface area (Å²) in [5, 5.41) is 7.55. The number of nitrogens with zero attached hydrogens (tertiary/aromatic N) is 3. The first-order valence-corrected chi connectivity index (χ1v) is 8.91. The quantitative estimate of drug-likeness (QED) is 0.502. The topological polar surface area (TPSA) is 97.6 Å². The number of hydrogen-bond donors (Lipinski definition) is 2. The number of rotatable bonds is 6. The number of hydrogen-bond acceptors (Lipinski definition) is 6. The number of amides is 1. The van der Waals surface area contributed by atoms with Crippen LogP contribution in [0.5, 0.6) is 0 Å². The van der Waals surface area contributed by atoms with Crippen LogP contribution in [0.2, 0.25) is 0 Å². The van der Waals surface area contributed by atoms with Gasteiger partial charge < -0.3 is 5.32 Å². The first-order chi connectivity index (χ1) is 13.3. The number of benzene rings is 1. The van der Waals surface area contributed by atoms with Crippen molar-refractivity contribution in [3.05, 3.63) is 53.0 Å². The summed E-state index contributed by atoms with van der Waals surface area (Å²) in [6, 6.07) is 5.29. The maximum absolute atomic E-state index is 12.1. The van der Waals surface area contributed by atoms with Gasteiger partial charge in [0.05, 0.1) is 7.11 Å². The first kappa shape index (κ1) is 19.5. The highest BCUT2D eigenvalue weighted by atomic mass is 16.6. The predicted molar refractivity (Wildman–Crippen MR) is 106 cm³/mol.